The molecule has 0 unspecified atom stereocenters. The van der Waals surface area contributed by atoms with Crippen molar-refractivity contribution in [3.63, 3.8) is 0 Å². The Balaban J connectivity index is 1.95. The topological polar surface area (TPSA) is 96.5 Å². The number of rotatable bonds is 7. The summed E-state index contributed by atoms with van der Waals surface area (Å²) < 4.78 is 43.7. The minimum Gasteiger partial charge on any atom is -0.451 e. The van der Waals surface area contributed by atoms with Gasteiger partial charge < -0.3 is 15.4 Å². The van der Waals surface area contributed by atoms with Crippen molar-refractivity contribution in [3.05, 3.63) is 28.8 Å². The second kappa shape index (κ2) is 11.6. The number of imide groups is 1. The van der Waals surface area contributed by atoms with Crippen LogP contribution in [0.4, 0.5) is 23.7 Å². The number of alkyl halides is 3. The third kappa shape index (κ3) is 8.10. The van der Waals surface area contributed by atoms with Gasteiger partial charge in [-0.2, -0.15) is 13.2 Å². The van der Waals surface area contributed by atoms with Crippen LogP contribution in [0.2, 0.25) is 5.02 Å². The van der Waals surface area contributed by atoms with Gasteiger partial charge in [-0.05, 0) is 43.9 Å². The van der Waals surface area contributed by atoms with E-state index in [2.05, 4.69) is 16.0 Å². The number of anilines is 1. The van der Waals surface area contributed by atoms with Gasteiger partial charge in [0.15, 0.2) is 6.10 Å². The molecular formula is C22H29ClF3N3O4. The molecule has 184 valence electrons. The SMILES string of the molecule is CC(C)[C@H](Nc1ccc(C(F)(F)F)cc1Cl)C(=O)O[C@@H](C)C(=O)NC(=O)NC1CCCCC1. The van der Waals surface area contributed by atoms with E-state index >= 15 is 0 Å². The van der Waals surface area contributed by atoms with Gasteiger partial charge in [-0.15, -0.1) is 0 Å². The van der Waals surface area contributed by atoms with Crippen molar-refractivity contribution in [1.82, 2.24) is 10.6 Å². The van der Waals surface area contributed by atoms with Crippen LogP contribution in [0.3, 0.4) is 0 Å². The lowest BCUT2D eigenvalue weighted by Crippen LogP contribution is -2.49. The first-order valence-corrected chi connectivity index (χ1v) is 11.2. The second-order valence-electron chi connectivity index (χ2n) is 8.44. The number of nitrogens with one attached hydrogen (secondary N) is 3. The fraction of sp³-hybridized carbons (Fsp3) is 0.591. The Morgan fingerprint density at radius 3 is 2.27 bits per heavy atom. The number of halogens is 4. The molecule has 0 radical (unpaired) electrons. The molecule has 3 amide bonds. The zero-order chi connectivity index (χ0) is 24.8. The molecule has 1 aromatic rings. The lowest BCUT2D eigenvalue weighted by atomic mass is 9.96. The predicted molar refractivity (Wildman–Crippen MR) is 118 cm³/mol. The van der Waals surface area contributed by atoms with Crippen molar-refractivity contribution < 1.29 is 32.3 Å². The summed E-state index contributed by atoms with van der Waals surface area (Å²) in [6.07, 6.45) is -0.973. The first-order valence-electron chi connectivity index (χ1n) is 10.8. The van der Waals surface area contributed by atoms with Crippen molar-refractivity contribution in [2.75, 3.05) is 5.32 Å². The van der Waals surface area contributed by atoms with Gasteiger partial charge in [-0.3, -0.25) is 10.1 Å². The Labute approximate surface area is 195 Å². The third-order valence-corrected chi connectivity index (χ3v) is 5.68. The molecule has 0 saturated heterocycles. The maximum atomic E-state index is 12.8. The third-order valence-electron chi connectivity index (χ3n) is 5.37. The van der Waals surface area contributed by atoms with Crippen molar-refractivity contribution in [2.24, 2.45) is 5.92 Å². The molecule has 1 aromatic carbocycles. The molecule has 1 aliphatic carbocycles. The maximum absolute atomic E-state index is 12.8. The number of ether oxygens (including phenoxy) is 1. The predicted octanol–water partition coefficient (Wildman–Crippen LogP) is 4.89. The summed E-state index contributed by atoms with van der Waals surface area (Å²) in [6.45, 7) is 4.71. The molecule has 1 saturated carbocycles. The van der Waals surface area contributed by atoms with Crippen molar-refractivity contribution >= 4 is 35.2 Å². The zero-order valence-corrected chi connectivity index (χ0v) is 19.5. The smallest absolute Gasteiger partial charge is 0.416 e. The average molecular weight is 492 g/mol. The summed E-state index contributed by atoms with van der Waals surface area (Å²) >= 11 is 5.96. The van der Waals surface area contributed by atoms with Crippen LogP contribution in [0.1, 0.15) is 58.4 Å². The van der Waals surface area contributed by atoms with E-state index in [1.54, 1.807) is 13.8 Å². The summed E-state index contributed by atoms with van der Waals surface area (Å²) in [5, 5.41) is 7.47. The molecule has 2 atom stereocenters. The minimum absolute atomic E-state index is 0.00686. The van der Waals surface area contributed by atoms with E-state index < -0.39 is 41.8 Å². The number of carbonyl (C=O) groups is 3. The van der Waals surface area contributed by atoms with Crippen LogP contribution < -0.4 is 16.0 Å². The van der Waals surface area contributed by atoms with E-state index in [9.17, 15) is 27.6 Å². The maximum Gasteiger partial charge on any atom is 0.416 e. The molecule has 0 spiro atoms. The number of amides is 3. The molecule has 0 aromatic heterocycles. The normalized spacial score (nSPS) is 16.6. The largest absolute Gasteiger partial charge is 0.451 e. The Bertz CT molecular complexity index is 858. The molecule has 3 N–H and O–H groups in total. The first kappa shape index (κ1) is 26.8. The van der Waals surface area contributed by atoms with Gasteiger partial charge in [0.2, 0.25) is 0 Å². The fourth-order valence-electron chi connectivity index (χ4n) is 3.46. The Morgan fingerprint density at radius 2 is 1.73 bits per heavy atom. The van der Waals surface area contributed by atoms with Gasteiger partial charge in [0.1, 0.15) is 6.04 Å². The Hall–Kier alpha value is -2.49. The number of hydrogen-bond acceptors (Lipinski definition) is 5. The van der Waals surface area contributed by atoms with E-state index in [0.717, 1.165) is 50.3 Å². The van der Waals surface area contributed by atoms with E-state index in [-0.39, 0.29) is 22.7 Å². The van der Waals surface area contributed by atoms with Gasteiger partial charge in [-0.1, -0.05) is 44.7 Å². The Morgan fingerprint density at radius 1 is 1.09 bits per heavy atom. The van der Waals surface area contributed by atoms with Crippen LogP contribution >= 0.6 is 11.6 Å². The lowest BCUT2D eigenvalue weighted by Gasteiger charge is -2.25. The molecule has 0 aliphatic heterocycles. The van der Waals surface area contributed by atoms with E-state index in [4.69, 9.17) is 16.3 Å². The quantitative estimate of drug-likeness (QED) is 0.472. The first-order chi connectivity index (χ1) is 15.4. The molecule has 0 heterocycles. The van der Waals surface area contributed by atoms with Crippen LogP contribution in [0.25, 0.3) is 0 Å². The molecule has 1 aliphatic rings. The van der Waals surface area contributed by atoms with Gasteiger partial charge >= 0.3 is 18.2 Å². The number of hydrogen-bond donors (Lipinski definition) is 3. The lowest BCUT2D eigenvalue weighted by molar-refractivity contribution is -0.156. The summed E-state index contributed by atoms with van der Waals surface area (Å²) in [4.78, 5) is 37.0. The highest BCUT2D eigenvalue weighted by molar-refractivity contribution is 6.33. The highest BCUT2D eigenvalue weighted by atomic mass is 35.5. The number of benzene rings is 1. The van der Waals surface area contributed by atoms with Crippen molar-refractivity contribution in [2.45, 2.75) is 77.2 Å². The molecule has 33 heavy (non-hydrogen) atoms. The highest BCUT2D eigenvalue weighted by Crippen LogP contribution is 2.34. The summed E-state index contributed by atoms with van der Waals surface area (Å²) in [6, 6.07) is 1.09. The molecule has 0 bridgehead atoms. The number of urea groups is 1. The van der Waals surface area contributed by atoms with Crippen LogP contribution in [0, 0.1) is 5.92 Å². The zero-order valence-electron chi connectivity index (χ0n) is 18.7. The van der Waals surface area contributed by atoms with Crippen molar-refractivity contribution in [1.29, 1.82) is 0 Å². The highest BCUT2D eigenvalue weighted by Gasteiger charge is 2.32. The summed E-state index contributed by atoms with van der Waals surface area (Å²) in [5.41, 5.74) is -0.803. The van der Waals surface area contributed by atoms with E-state index in [1.165, 1.54) is 6.92 Å². The molecule has 1 fully saturated rings. The number of esters is 1. The molecule has 7 nitrogen and oxygen atoms in total. The van der Waals surface area contributed by atoms with Gasteiger partial charge in [0.05, 0.1) is 16.3 Å². The minimum atomic E-state index is -4.55. The van der Waals surface area contributed by atoms with Gasteiger partial charge in [0, 0.05) is 6.04 Å². The summed E-state index contributed by atoms with van der Waals surface area (Å²) in [7, 11) is 0. The molecule has 2 rings (SSSR count). The standard InChI is InChI=1S/C22H29ClF3N3O4/c1-12(2)18(28-17-10-9-14(11-16(17)23)22(24,25)26)20(31)33-13(3)19(30)29-21(32)27-15-7-5-4-6-8-15/h9-13,15,18,28H,4-8H2,1-3H3,(H2,27,29,30,32)/t13-,18-/m0/s1. The monoisotopic (exact) mass is 491 g/mol. The van der Waals surface area contributed by atoms with Gasteiger partial charge in [-0.25, -0.2) is 9.59 Å². The second-order valence-corrected chi connectivity index (χ2v) is 8.84. The molecule has 11 heteroatoms. The van der Waals surface area contributed by atoms with E-state index in [1.807, 2.05) is 0 Å². The average Bonchev–Trinajstić information content (AvgIpc) is 2.72. The van der Waals surface area contributed by atoms with Crippen LogP contribution in [-0.2, 0) is 20.5 Å². The van der Waals surface area contributed by atoms with Crippen LogP contribution in [0.15, 0.2) is 18.2 Å². The fourth-order valence-corrected chi connectivity index (χ4v) is 3.69. The van der Waals surface area contributed by atoms with Crippen molar-refractivity contribution in [3.8, 4) is 0 Å². The van der Waals surface area contributed by atoms with Crippen LogP contribution in [0.5, 0.6) is 0 Å². The van der Waals surface area contributed by atoms with E-state index in [0.29, 0.717) is 0 Å². The molecular weight excluding hydrogens is 463 g/mol. The summed E-state index contributed by atoms with van der Waals surface area (Å²) in [5.74, 6) is -1.94. The van der Waals surface area contributed by atoms with Gasteiger partial charge in [0.25, 0.3) is 5.91 Å². The van der Waals surface area contributed by atoms with Crippen LogP contribution in [-0.4, -0.2) is 36.1 Å². The number of carbonyl (C=O) groups excluding carboxylic acids is 3. The Kier molecular flexibility index (Phi) is 9.39.